The second-order valence-corrected chi connectivity index (χ2v) is 10.4. The summed E-state index contributed by atoms with van der Waals surface area (Å²) in [5.41, 5.74) is 4.48. The zero-order valence-corrected chi connectivity index (χ0v) is 21.3. The molecule has 0 aliphatic carbocycles. The molecule has 2 saturated heterocycles. The third kappa shape index (κ3) is 4.92. The van der Waals surface area contributed by atoms with E-state index in [9.17, 15) is 9.59 Å². The van der Waals surface area contributed by atoms with Gasteiger partial charge in [-0.15, -0.1) is 0 Å². The average Bonchev–Trinajstić information content (AvgIpc) is 3.42. The highest BCUT2D eigenvalue weighted by molar-refractivity contribution is 8.18. The first-order valence-corrected chi connectivity index (χ1v) is 13.4. The number of para-hydroxylation sites is 2. The number of aromatic nitrogens is 1. The number of carbonyl (C=O) groups is 2. The number of piperazine rings is 1. The Bertz CT molecular complexity index is 1460. The maximum atomic E-state index is 13.3. The molecular weight excluding hydrogens is 480 g/mol. The Morgan fingerprint density at radius 1 is 0.784 bits per heavy atom. The predicted molar refractivity (Wildman–Crippen MR) is 150 cm³/mol. The number of thioether (sulfide) groups is 1. The first-order valence-electron chi connectivity index (χ1n) is 12.6. The van der Waals surface area contributed by atoms with E-state index in [0.717, 1.165) is 61.0 Å². The van der Waals surface area contributed by atoms with E-state index in [-0.39, 0.29) is 11.1 Å². The summed E-state index contributed by atoms with van der Waals surface area (Å²) in [7, 11) is 0. The van der Waals surface area contributed by atoms with E-state index in [2.05, 4.69) is 57.0 Å². The molecule has 7 heteroatoms. The predicted octanol–water partition coefficient (Wildman–Crippen LogP) is 5.51. The summed E-state index contributed by atoms with van der Waals surface area (Å²) in [6.45, 7) is 4.44. The molecule has 0 unspecified atom stereocenters. The van der Waals surface area contributed by atoms with Crippen molar-refractivity contribution in [2.45, 2.75) is 6.54 Å². The van der Waals surface area contributed by atoms with Crippen molar-refractivity contribution in [1.29, 1.82) is 0 Å². The van der Waals surface area contributed by atoms with Crippen molar-refractivity contribution in [2.24, 2.45) is 0 Å². The van der Waals surface area contributed by atoms with Gasteiger partial charge in [0, 0.05) is 61.1 Å². The minimum Gasteiger partial charge on any atom is -0.369 e. The monoisotopic (exact) mass is 508 g/mol. The van der Waals surface area contributed by atoms with Gasteiger partial charge in [0.25, 0.3) is 11.1 Å². The Balaban J connectivity index is 1.17. The molecule has 2 fully saturated rings. The van der Waals surface area contributed by atoms with Gasteiger partial charge in [0.05, 0.1) is 11.6 Å². The third-order valence-corrected chi connectivity index (χ3v) is 7.92. The van der Waals surface area contributed by atoms with Crippen molar-refractivity contribution in [3.63, 3.8) is 0 Å². The molecule has 2 aliphatic heterocycles. The highest BCUT2D eigenvalue weighted by atomic mass is 32.2. The summed E-state index contributed by atoms with van der Waals surface area (Å²) in [5.74, 6) is -0.208. The standard InChI is InChI=1S/C30H28N4O2S/c35-29-28(19-24-21-33(20-23-9-3-1-4-10-23)27-14-8-7-13-26(24)27)37-30(36)34(29)22-31-15-17-32(18-16-31)25-11-5-2-6-12-25/h1-14,19,21H,15-18,20,22H2/b28-19+. The Morgan fingerprint density at radius 2 is 1.46 bits per heavy atom. The lowest BCUT2D eigenvalue weighted by molar-refractivity contribution is -0.124. The van der Waals surface area contributed by atoms with Gasteiger partial charge in [0.15, 0.2) is 0 Å². The number of imide groups is 1. The average molecular weight is 509 g/mol. The van der Waals surface area contributed by atoms with Crippen LogP contribution in [0.2, 0.25) is 0 Å². The van der Waals surface area contributed by atoms with E-state index in [1.807, 2.05) is 54.6 Å². The van der Waals surface area contributed by atoms with Crippen LogP contribution in [0, 0.1) is 0 Å². The van der Waals surface area contributed by atoms with Crippen LogP contribution in [-0.2, 0) is 11.3 Å². The van der Waals surface area contributed by atoms with E-state index in [0.29, 0.717) is 11.6 Å². The van der Waals surface area contributed by atoms with Crippen molar-refractivity contribution in [1.82, 2.24) is 14.4 Å². The maximum absolute atomic E-state index is 13.3. The van der Waals surface area contributed by atoms with Gasteiger partial charge in [-0.2, -0.15) is 0 Å². The normalized spacial score (nSPS) is 17.9. The summed E-state index contributed by atoms with van der Waals surface area (Å²) < 4.78 is 2.20. The zero-order chi connectivity index (χ0) is 25.2. The lowest BCUT2D eigenvalue weighted by Gasteiger charge is -2.37. The lowest BCUT2D eigenvalue weighted by atomic mass is 10.1. The molecule has 6 nitrogen and oxygen atoms in total. The lowest BCUT2D eigenvalue weighted by Crippen LogP contribution is -2.50. The molecule has 0 bridgehead atoms. The Morgan fingerprint density at radius 3 is 2.22 bits per heavy atom. The van der Waals surface area contributed by atoms with E-state index < -0.39 is 0 Å². The molecule has 4 aromatic rings. The maximum Gasteiger partial charge on any atom is 0.294 e. The second kappa shape index (κ2) is 10.3. The zero-order valence-electron chi connectivity index (χ0n) is 20.5. The van der Waals surface area contributed by atoms with Gasteiger partial charge in [-0.3, -0.25) is 19.4 Å². The van der Waals surface area contributed by atoms with Gasteiger partial charge in [-0.05, 0) is 41.6 Å². The Hall–Kier alpha value is -3.81. The summed E-state index contributed by atoms with van der Waals surface area (Å²) in [6.07, 6.45) is 3.95. The molecule has 2 amide bonds. The van der Waals surface area contributed by atoms with Crippen LogP contribution in [0.5, 0.6) is 0 Å². The fourth-order valence-electron chi connectivity index (χ4n) is 5.05. The van der Waals surface area contributed by atoms with E-state index in [4.69, 9.17) is 0 Å². The van der Waals surface area contributed by atoms with Crippen LogP contribution in [0.4, 0.5) is 10.5 Å². The van der Waals surface area contributed by atoms with Gasteiger partial charge in [-0.1, -0.05) is 66.7 Å². The van der Waals surface area contributed by atoms with Crippen LogP contribution in [-0.4, -0.2) is 58.4 Å². The number of benzene rings is 3. The largest absolute Gasteiger partial charge is 0.369 e. The van der Waals surface area contributed by atoms with Crippen molar-refractivity contribution in [3.05, 3.63) is 107 Å². The van der Waals surface area contributed by atoms with Gasteiger partial charge < -0.3 is 9.47 Å². The summed E-state index contributed by atoms with van der Waals surface area (Å²) in [6, 6.07) is 28.9. The van der Waals surface area contributed by atoms with Gasteiger partial charge in [-0.25, -0.2) is 0 Å². The molecule has 1 aromatic heterocycles. The highest BCUT2D eigenvalue weighted by Gasteiger charge is 2.36. The number of fused-ring (bicyclic) bond motifs is 1. The first-order chi connectivity index (χ1) is 18.2. The summed E-state index contributed by atoms with van der Waals surface area (Å²) in [5, 5.41) is 0.872. The fraction of sp³-hybridized carbons (Fsp3) is 0.200. The molecule has 0 radical (unpaired) electrons. The smallest absolute Gasteiger partial charge is 0.294 e. The van der Waals surface area contributed by atoms with Crippen LogP contribution in [0.3, 0.4) is 0 Å². The number of amides is 2. The van der Waals surface area contributed by atoms with Crippen molar-refractivity contribution >= 4 is 45.6 Å². The number of carbonyl (C=O) groups excluding carboxylic acids is 2. The number of hydrogen-bond donors (Lipinski definition) is 0. The molecule has 6 rings (SSSR count). The number of rotatable bonds is 6. The molecule has 0 atom stereocenters. The van der Waals surface area contributed by atoms with Gasteiger partial charge >= 0.3 is 0 Å². The topological polar surface area (TPSA) is 48.8 Å². The second-order valence-electron chi connectivity index (χ2n) is 9.41. The van der Waals surface area contributed by atoms with Crippen molar-refractivity contribution in [2.75, 3.05) is 37.7 Å². The molecule has 2 aliphatic rings. The molecule has 37 heavy (non-hydrogen) atoms. The van der Waals surface area contributed by atoms with E-state index >= 15 is 0 Å². The molecule has 0 N–H and O–H groups in total. The molecule has 186 valence electrons. The number of anilines is 1. The SMILES string of the molecule is O=C1S/C(=C/c2cn(Cc3ccccc3)c3ccccc23)C(=O)N1CN1CCN(c2ccccc2)CC1. The Kier molecular flexibility index (Phi) is 6.55. The van der Waals surface area contributed by atoms with Crippen LogP contribution < -0.4 is 4.90 Å². The number of hydrogen-bond acceptors (Lipinski definition) is 5. The Labute approximate surface area is 220 Å². The van der Waals surface area contributed by atoms with Gasteiger partial charge in [0.2, 0.25) is 0 Å². The van der Waals surface area contributed by atoms with Crippen LogP contribution in [0.15, 0.2) is 96.0 Å². The first kappa shape index (κ1) is 23.6. The summed E-state index contributed by atoms with van der Waals surface area (Å²) in [4.78, 5) is 32.5. The molecule has 3 heterocycles. The highest BCUT2D eigenvalue weighted by Crippen LogP contribution is 2.34. The van der Waals surface area contributed by atoms with Crippen LogP contribution >= 0.6 is 11.8 Å². The summed E-state index contributed by atoms with van der Waals surface area (Å²) >= 11 is 1.04. The third-order valence-electron chi connectivity index (χ3n) is 7.01. The molecule has 0 saturated carbocycles. The molecular formula is C30H28N4O2S. The van der Waals surface area contributed by atoms with Crippen LogP contribution in [0.25, 0.3) is 17.0 Å². The van der Waals surface area contributed by atoms with Crippen LogP contribution in [0.1, 0.15) is 11.1 Å². The number of nitrogens with zero attached hydrogens (tertiary/aromatic N) is 4. The van der Waals surface area contributed by atoms with E-state index in [1.165, 1.54) is 16.2 Å². The minimum absolute atomic E-state index is 0.199. The molecule has 3 aromatic carbocycles. The minimum atomic E-state index is -0.208. The fourth-order valence-corrected chi connectivity index (χ4v) is 5.87. The van der Waals surface area contributed by atoms with Gasteiger partial charge in [0.1, 0.15) is 0 Å². The quantitative estimate of drug-likeness (QED) is 0.322. The van der Waals surface area contributed by atoms with E-state index in [1.54, 1.807) is 0 Å². The molecule has 0 spiro atoms. The van der Waals surface area contributed by atoms with Crippen molar-refractivity contribution < 1.29 is 9.59 Å². The van der Waals surface area contributed by atoms with Crippen molar-refractivity contribution in [3.8, 4) is 0 Å².